The molecule has 0 saturated carbocycles. The molecule has 2 aliphatic carbocycles. The molecule has 0 fully saturated rings. The zero-order valence-corrected chi connectivity index (χ0v) is 11.3. The van der Waals surface area contributed by atoms with Crippen molar-refractivity contribution in [1.82, 2.24) is 0 Å². The van der Waals surface area contributed by atoms with E-state index >= 15 is 0 Å². The Balaban J connectivity index is 1.72. The fourth-order valence-corrected chi connectivity index (χ4v) is 3.36. The lowest BCUT2D eigenvalue weighted by Gasteiger charge is -2.22. The van der Waals surface area contributed by atoms with E-state index in [1.807, 2.05) is 0 Å². The van der Waals surface area contributed by atoms with Crippen molar-refractivity contribution in [1.29, 1.82) is 0 Å². The second-order valence-electron chi connectivity index (χ2n) is 5.79. The van der Waals surface area contributed by atoms with E-state index in [-0.39, 0.29) is 6.10 Å². The van der Waals surface area contributed by atoms with E-state index in [0.29, 0.717) is 5.92 Å². The highest BCUT2D eigenvalue weighted by Gasteiger charge is 2.34. The van der Waals surface area contributed by atoms with Gasteiger partial charge < -0.3 is 4.84 Å². The molecule has 0 saturated heterocycles. The van der Waals surface area contributed by atoms with Crippen LogP contribution in [0, 0.1) is 5.92 Å². The predicted molar refractivity (Wildman–Crippen MR) is 74.6 cm³/mol. The summed E-state index contributed by atoms with van der Waals surface area (Å²) in [6.07, 6.45) is 15.1. The smallest absolute Gasteiger partial charge is 0.156 e. The molecule has 0 radical (unpaired) electrons. The molecule has 2 nitrogen and oxygen atoms in total. The zero-order valence-electron chi connectivity index (χ0n) is 11.3. The molecule has 0 unspecified atom stereocenters. The lowest BCUT2D eigenvalue weighted by atomic mass is 9.83. The number of allylic oxidation sites excluding steroid dienone is 3. The Labute approximate surface area is 110 Å². The van der Waals surface area contributed by atoms with Gasteiger partial charge in [-0.2, -0.15) is 0 Å². The highest BCUT2D eigenvalue weighted by atomic mass is 16.6. The summed E-state index contributed by atoms with van der Waals surface area (Å²) < 4.78 is 0. The molecule has 0 bridgehead atoms. The summed E-state index contributed by atoms with van der Waals surface area (Å²) in [5, 5.41) is 4.40. The normalized spacial score (nSPS) is 32.4. The van der Waals surface area contributed by atoms with Gasteiger partial charge in [0.25, 0.3) is 0 Å². The lowest BCUT2D eigenvalue weighted by Crippen LogP contribution is -2.24. The van der Waals surface area contributed by atoms with E-state index in [4.69, 9.17) is 4.84 Å². The van der Waals surface area contributed by atoms with Crippen LogP contribution in [0.4, 0.5) is 0 Å². The molecule has 0 aromatic rings. The maximum atomic E-state index is 5.75. The molecule has 1 aliphatic heterocycles. The van der Waals surface area contributed by atoms with E-state index < -0.39 is 0 Å². The van der Waals surface area contributed by atoms with Gasteiger partial charge in [-0.05, 0) is 62.5 Å². The van der Waals surface area contributed by atoms with E-state index in [0.717, 1.165) is 0 Å². The van der Waals surface area contributed by atoms with Gasteiger partial charge in [-0.25, -0.2) is 0 Å². The van der Waals surface area contributed by atoms with Crippen molar-refractivity contribution < 1.29 is 4.84 Å². The highest BCUT2D eigenvalue weighted by Crippen LogP contribution is 2.34. The molecule has 3 rings (SSSR count). The molecule has 3 aliphatic rings. The van der Waals surface area contributed by atoms with Gasteiger partial charge >= 0.3 is 0 Å². The van der Waals surface area contributed by atoms with Gasteiger partial charge in [-0.15, -0.1) is 0 Å². The van der Waals surface area contributed by atoms with Crippen molar-refractivity contribution in [3.05, 3.63) is 23.3 Å². The standard InChI is InChI=1S/C16H23NO/c1-12-15(13-8-4-2-5-9-13)17-18-16(12)14-10-6-3-7-11-14/h8,10,12,16H,2-7,9,11H2,1H3/t12-,16-/m0/s1. The van der Waals surface area contributed by atoms with E-state index in [2.05, 4.69) is 24.2 Å². The zero-order chi connectivity index (χ0) is 12.4. The van der Waals surface area contributed by atoms with Crippen molar-refractivity contribution >= 4 is 5.71 Å². The molecule has 0 spiro atoms. The molecule has 2 heteroatoms. The highest BCUT2D eigenvalue weighted by molar-refractivity contribution is 6.02. The molecule has 2 atom stereocenters. The van der Waals surface area contributed by atoms with Crippen molar-refractivity contribution in [3.63, 3.8) is 0 Å². The van der Waals surface area contributed by atoms with Crippen LogP contribution in [0.1, 0.15) is 58.3 Å². The molecule has 0 amide bonds. The molecule has 18 heavy (non-hydrogen) atoms. The number of rotatable bonds is 2. The Morgan fingerprint density at radius 3 is 2.50 bits per heavy atom. The van der Waals surface area contributed by atoms with Crippen molar-refractivity contribution in [2.45, 2.75) is 64.4 Å². The summed E-state index contributed by atoms with van der Waals surface area (Å²) in [5.41, 5.74) is 4.17. The molecular formula is C16H23NO. The van der Waals surface area contributed by atoms with Crippen LogP contribution < -0.4 is 0 Å². The maximum Gasteiger partial charge on any atom is 0.156 e. The molecule has 1 heterocycles. The third-order valence-corrected chi connectivity index (χ3v) is 4.46. The van der Waals surface area contributed by atoms with Crippen LogP contribution in [0.3, 0.4) is 0 Å². The van der Waals surface area contributed by atoms with E-state index in [1.165, 1.54) is 68.2 Å². The van der Waals surface area contributed by atoms with Crippen LogP contribution in [0.5, 0.6) is 0 Å². The average molecular weight is 245 g/mol. The minimum Gasteiger partial charge on any atom is -0.387 e. The summed E-state index contributed by atoms with van der Waals surface area (Å²) in [4.78, 5) is 5.75. The summed E-state index contributed by atoms with van der Waals surface area (Å²) in [5.74, 6) is 0.443. The number of hydrogen-bond acceptors (Lipinski definition) is 2. The Morgan fingerprint density at radius 2 is 1.83 bits per heavy atom. The van der Waals surface area contributed by atoms with Gasteiger partial charge in [-0.3, -0.25) is 0 Å². The first-order chi connectivity index (χ1) is 8.86. The van der Waals surface area contributed by atoms with Crippen molar-refractivity contribution in [2.24, 2.45) is 11.1 Å². The monoisotopic (exact) mass is 245 g/mol. The van der Waals surface area contributed by atoms with E-state index in [1.54, 1.807) is 0 Å². The van der Waals surface area contributed by atoms with E-state index in [9.17, 15) is 0 Å². The molecule has 0 aromatic heterocycles. The lowest BCUT2D eigenvalue weighted by molar-refractivity contribution is 0.0884. The van der Waals surface area contributed by atoms with Crippen LogP contribution in [0.15, 0.2) is 28.5 Å². The van der Waals surface area contributed by atoms with Gasteiger partial charge in [0, 0.05) is 5.92 Å². The summed E-state index contributed by atoms with van der Waals surface area (Å²) in [7, 11) is 0. The van der Waals surface area contributed by atoms with Gasteiger partial charge in [-0.1, -0.05) is 24.2 Å². The largest absolute Gasteiger partial charge is 0.387 e. The Bertz CT molecular complexity index is 405. The third-order valence-electron chi connectivity index (χ3n) is 4.46. The first kappa shape index (κ1) is 12.0. The quantitative estimate of drug-likeness (QED) is 0.662. The Hall–Kier alpha value is -1.05. The van der Waals surface area contributed by atoms with Crippen molar-refractivity contribution in [2.75, 3.05) is 0 Å². The first-order valence-electron chi connectivity index (χ1n) is 7.48. The SMILES string of the molecule is C[C@H]1C(C2=CCCCC2)=NO[C@@H]1C1=CCCCC1. The molecule has 0 N–H and O–H groups in total. The average Bonchev–Trinajstić information content (AvgIpc) is 2.83. The third kappa shape index (κ3) is 2.25. The summed E-state index contributed by atoms with van der Waals surface area (Å²) >= 11 is 0. The van der Waals surface area contributed by atoms with Gasteiger partial charge in [0.15, 0.2) is 6.10 Å². The second-order valence-corrected chi connectivity index (χ2v) is 5.79. The summed E-state index contributed by atoms with van der Waals surface area (Å²) in [6.45, 7) is 2.28. The first-order valence-corrected chi connectivity index (χ1v) is 7.48. The van der Waals surface area contributed by atoms with Crippen molar-refractivity contribution in [3.8, 4) is 0 Å². The predicted octanol–water partition coefficient (Wildman–Crippen LogP) is 4.38. The van der Waals surface area contributed by atoms with Crippen LogP contribution in [-0.2, 0) is 4.84 Å². The van der Waals surface area contributed by atoms with Gasteiger partial charge in [0.05, 0.1) is 5.71 Å². The number of oxime groups is 1. The molecule has 0 aromatic carbocycles. The minimum absolute atomic E-state index is 0.225. The Kier molecular flexibility index (Phi) is 3.53. The second kappa shape index (κ2) is 5.29. The van der Waals surface area contributed by atoms with Gasteiger partial charge in [0.1, 0.15) is 0 Å². The fraction of sp³-hybridized carbons (Fsp3) is 0.688. The molecule has 98 valence electrons. The number of nitrogens with zero attached hydrogens (tertiary/aromatic N) is 1. The topological polar surface area (TPSA) is 21.6 Å². The minimum atomic E-state index is 0.225. The van der Waals surface area contributed by atoms with Crippen LogP contribution in [0.2, 0.25) is 0 Å². The Morgan fingerprint density at radius 1 is 1.06 bits per heavy atom. The fourth-order valence-electron chi connectivity index (χ4n) is 3.36. The van der Waals surface area contributed by atoms with Gasteiger partial charge in [0.2, 0.25) is 0 Å². The van der Waals surface area contributed by atoms with Crippen LogP contribution >= 0.6 is 0 Å². The van der Waals surface area contributed by atoms with Crippen LogP contribution in [-0.4, -0.2) is 11.8 Å². The number of hydrogen-bond donors (Lipinski definition) is 0. The summed E-state index contributed by atoms with van der Waals surface area (Å²) in [6, 6.07) is 0. The maximum absolute atomic E-state index is 5.75. The van der Waals surface area contributed by atoms with Crippen LogP contribution in [0.25, 0.3) is 0 Å². The molecular weight excluding hydrogens is 222 g/mol.